The van der Waals surface area contributed by atoms with E-state index >= 15 is 0 Å². The summed E-state index contributed by atoms with van der Waals surface area (Å²) in [6.07, 6.45) is 1.02. The third-order valence-corrected chi connectivity index (χ3v) is 7.04. The molecule has 36 heavy (non-hydrogen) atoms. The number of fused-ring (bicyclic) bond motifs is 3. The molecule has 1 aromatic carbocycles. The highest BCUT2D eigenvalue weighted by Gasteiger charge is 2.57. The first-order valence-corrected chi connectivity index (χ1v) is 12.2. The number of ether oxygens (including phenoxy) is 3. The molecule has 2 saturated heterocycles. The maximum absolute atomic E-state index is 13.0. The van der Waals surface area contributed by atoms with Crippen LogP contribution in [0.5, 0.6) is 0 Å². The first-order valence-electron chi connectivity index (χ1n) is 12.2. The maximum Gasteiger partial charge on any atom is 0.261 e. The SMILES string of the molecule is CCN(CC)c1ncnc2c1ncn2[C@@H]1O[C@H](CN2C(=O)c3ccccc3C2=O)[C@H]2OC(C)(C)O[C@H]21. The number of imide groups is 1. The molecule has 0 aliphatic carbocycles. The first kappa shape index (κ1) is 23.0. The van der Waals surface area contributed by atoms with E-state index in [2.05, 4.69) is 33.7 Å². The van der Waals surface area contributed by atoms with E-state index in [0.29, 0.717) is 22.3 Å². The van der Waals surface area contributed by atoms with Gasteiger partial charge in [0.25, 0.3) is 11.8 Å². The molecule has 0 radical (unpaired) electrons. The van der Waals surface area contributed by atoms with Crippen molar-refractivity contribution in [1.29, 1.82) is 0 Å². The number of carbonyl (C=O) groups is 2. The van der Waals surface area contributed by atoms with Gasteiger partial charge in [-0.1, -0.05) is 12.1 Å². The van der Waals surface area contributed by atoms with Crippen molar-refractivity contribution in [1.82, 2.24) is 24.4 Å². The Balaban J connectivity index is 1.34. The van der Waals surface area contributed by atoms with Crippen molar-refractivity contribution in [2.45, 2.75) is 58.0 Å². The molecule has 2 aromatic heterocycles. The van der Waals surface area contributed by atoms with Gasteiger partial charge >= 0.3 is 0 Å². The number of amides is 2. The predicted octanol–water partition coefficient (Wildman–Crippen LogP) is 2.39. The number of aromatic nitrogens is 4. The lowest BCUT2D eigenvalue weighted by Gasteiger charge is -2.26. The van der Waals surface area contributed by atoms with Crippen molar-refractivity contribution in [3.63, 3.8) is 0 Å². The molecule has 0 unspecified atom stereocenters. The Morgan fingerprint density at radius 2 is 1.64 bits per heavy atom. The van der Waals surface area contributed by atoms with Crippen LogP contribution in [0.4, 0.5) is 5.82 Å². The molecule has 11 heteroatoms. The molecule has 0 N–H and O–H groups in total. The van der Waals surface area contributed by atoms with E-state index in [1.54, 1.807) is 30.6 Å². The molecule has 2 amide bonds. The van der Waals surface area contributed by atoms with Crippen LogP contribution in [0.3, 0.4) is 0 Å². The van der Waals surface area contributed by atoms with Gasteiger partial charge in [0.05, 0.1) is 24.0 Å². The number of nitrogens with zero attached hydrogens (tertiary/aromatic N) is 6. The molecule has 3 aliphatic rings. The second kappa shape index (κ2) is 8.32. The Labute approximate surface area is 208 Å². The van der Waals surface area contributed by atoms with E-state index in [1.807, 2.05) is 18.4 Å². The second-order valence-corrected chi connectivity index (χ2v) is 9.59. The molecule has 188 valence electrons. The smallest absolute Gasteiger partial charge is 0.261 e. The van der Waals surface area contributed by atoms with Gasteiger partial charge in [-0.2, -0.15) is 0 Å². The standard InChI is InChI=1S/C25H28N6O5/c1-5-29(6-2)20-17-21(27-12-26-20)31(13-28-17)24-19-18(35-25(3,4)36-19)16(34-24)11-30-22(32)14-9-7-8-10-15(14)23(30)33/h7-10,12-13,16,18-19,24H,5-6,11H2,1-4H3/t16-,18-,19-,24-/m1/s1. The van der Waals surface area contributed by atoms with Gasteiger partial charge in [0, 0.05) is 13.1 Å². The van der Waals surface area contributed by atoms with Crippen LogP contribution >= 0.6 is 0 Å². The molecule has 6 rings (SSSR count). The zero-order valence-electron chi connectivity index (χ0n) is 20.6. The summed E-state index contributed by atoms with van der Waals surface area (Å²) in [7, 11) is 0. The number of hydrogen-bond donors (Lipinski definition) is 0. The Morgan fingerprint density at radius 1 is 0.972 bits per heavy atom. The summed E-state index contributed by atoms with van der Waals surface area (Å²) in [5.74, 6) is -0.760. The molecule has 0 bridgehead atoms. The highest BCUT2D eigenvalue weighted by Crippen LogP contribution is 2.44. The highest BCUT2D eigenvalue weighted by molar-refractivity contribution is 6.21. The van der Waals surface area contributed by atoms with Crippen LogP contribution in [-0.2, 0) is 14.2 Å². The summed E-state index contributed by atoms with van der Waals surface area (Å²) in [6.45, 7) is 9.43. The van der Waals surface area contributed by atoms with E-state index in [4.69, 9.17) is 14.2 Å². The maximum atomic E-state index is 13.0. The number of rotatable bonds is 6. The number of anilines is 1. The quantitative estimate of drug-likeness (QED) is 0.479. The number of hydrogen-bond acceptors (Lipinski definition) is 9. The van der Waals surface area contributed by atoms with Gasteiger partial charge in [-0.3, -0.25) is 19.1 Å². The third-order valence-electron chi connectivity index (χ3n) is 7.04. The molecule has 3 aliphatic heterocycles. The molecular weight excluding hydrogens is 464 g/mol. The fourth-order valence-corrected chi connectivity index (χ4v) is 5.40. The van der Waals surface area contributed by atoms with Crippen LogP contribution in [0.25, 0.3) is 11.2 Å². The monoisotopic (exact) mass is 492 g/mol. The predicted molar refractivity (Wildman–Crippen MR) is 128 cm³/mol. The summed E-state index contributed by atoms with van der Waals surface area (Å²) >= 11 is 0. The lowest BCUT2D eigenvalue weighted by atomic mass is 10.1. The van der Waals surface area contributed by atoms with E-state index in [9.17, 15) is 9.59 Å². The Morgan fingerprint density at radius 3 is 2.31 bits per heavy atom. The molecule has 11 nitrogen and oxygen atoms in total. The molecule has 2 fully saturated rings. The number of benzene rings is 1. The molecule has 5 heterocycles. The first-order chi connectivity index (χ1) is 17.3. The molecule has 4 atom stereocenters. The molecule has 3 aromatic rings. The van der Waals surface area contributed by atoms with Crippen LogP contribution in [0.1, 0.15) is 54.6 Å². The number of carbonyl (C=O) groups excluding carboxylic acids is 2. The summed E-state index contributed by atoms with van der Waals surface area (Å²) < 4.78 is 20.7. The van der Waals surface area contributed by atoms with Crippen LogP contribution < -0.4 is 4.90 Å². The third kappa shape index (κ3) is 3.41. The lowest BCUT2D eigenvalue weighted by Crippen LogP contribution is -2.42. The van der Waals surface area contributed by atoms with Gasteiger partial charge in [-0.15, -0.1) is 0 Å². The van der Waals surface area contributed by atoms with E-state index in [0.717, 1.165) is 18.9 Å². The summed E-state index contributed by atoms with van der Waals surface area (Å²) in [5, 5.41) is 0. The number of imidazole rings is 1. The Bertz CT molecular complexity index is 1320. The zero-order valence-corrected chi connectivity index (χ0v) is 20.6. The second-order valence-electron chi connectivity index (χ2n) is 9.59. The average molecular weight is 493 g/mol. The van der Waals surface area contributed by atoms with Gasteiger partial charge in [0.15, 0.2) is 29.0 Å². The molecule has 0 saturated carbocycles. The van der Waals surface area contributed by atoms with E-state index in [-0.39, 0.29) is 18.4 Å². The van der Waals surface area contributed by atoms with Crippen molar-refractivity contribution in [2.75, 3.05) is 24.5 Å². The minimum atomic E-state index is -0.852. The Hall–Kier alpha value is -3.41. The fraction of sp³-hybridized carbons (Fsp3) is 0.480. The van der Waals surface area contributed by atoms with Crippen LogP contribution in [-0.4, -0.2) is 80.0 Å². The largest absolute Gasteiger partial charge is 0.355 e. The summed E-state index contributed by atoms with van der Waals surface area (Å²) in [5.41, 5.74) is 2.09. The van der Waals surface area contributed by atoms with E-state index < -0.39 is 30.3 Å². The fourth-order valence-electron chi connectivity index (χ4n) is 5.40. The molecule has 0 spiro atoms. The van der Waals surface area contributed by atoms with Gasteiger partial charge < -0.3 is 19.1 Å². The Kier molecular flexibility index (Phi) is 5.32. The van der Waals surface area contributed by atoms with Gasteiger partial charge in [0.2, 0.25) is 0 Å². The zero-order chi connectivity index (χ0) is 25.2. The minimum absolute atomic E-state index is 0.0514. The summed E-state index contributed by atoms with van der Waals surface area (Å²) in [4.78, 5) is 42.9. The van der Waals surface area contributed by atoms with E-state index in [1.165, 1.54) is 11.2 Å². The van der Waals surface area contributed by atoms with Crippen molar-refractivity contribution < 1.29 is 23.8 Å². The van der Waals surface area contributed by atoms with Gasteiger partial charge in [-0.05, 0) is 39.8 Å². The van der Waals surface area contributed by atoms with Gasteiger partial charge in [0.1, 0.15) is 24.6 Å². The van der Waals surface area contributed by atoms with Crippen LogP contribution in [0.2, 0.25) is 0 Å². The van der Waals surface area contributed by atoms with Crippen molar-refractivity contribution in [3.8, 4) is 0 Å². The minimum Gasteiger partial charge on any atom is -0.355 e. The van der Waals surface area contributed by atoms with Crippen molar-refractivity contribution in [3.05, 3.63) is 48.0 Å². The van der Waals surface area contributed by atoms with Crippen molar-refractivity contribution in [2.24, 2.45) is 0 Å². The van der Waals surface area contributed by atoms with Crippen LogP contribution in [0.15, 0.2) is 36.9 Å². The topological polar surface area (TPSA) is 112 Å². The average Bonchev–Trinajstić information content (AvgIpc) is 3.58. The normalized spacial score (nSPS) is 26.6. The lowest BCUT2D eigenvalue weighted by molar-refractivity contribution is -0.196. The van der Waals surface area contributed by atoms with Gasteiger partial charge in [-0.25, -0.2) is 15.0 Å². The van der Waals surface area contributed by atoms with Crippen LogP contribution in [0, 0.1) is 0 Å². The van der Waals surface area contributed by atoms with Crippen molar-refractivity contribution >= 4 is 28.8 Å². The summed E-state index contributed by atoms with van der Waals surface area (Å²) in [6, 6.07) is 6.83. The molecular formula is C25H28N6O5. The highest BCUT2D eigenvalue weighted by atomic mass is 16.8.